The predicted molar refractivity (Wildman–Crippen MR) is 63.3 cm³/mol. The molecule has 0 heterocycles. The van der Waals surface area contributed by atoms with Crippen LogP contribution in [0, 0.1) is 0 Å². The van der Waals surface area contributed by atoms with E-state index < -0.39 is 10.0 Å². The van der Waals surface area contributed by atoms with E-state index in [1.54, 1.807) is 18.2 Å². The zero-order valence-corrected chi connectivity index (χ0v) is 10.9. The maximum absolute atomic E-state index is 12.1. The van der Waals surface area contributed by atoms with Gasteiger partial charge in [-0.15, -0.1) is 0 Å². The Hall–Kier alpha value is -0.0900. The highest BCUT2D eigenvalue weighted by molar-refractivity contribution is 7.89. The van der Waals surface area contributed by atoms with E-state index in [4.69, 9.17) is 0 Å². The van der Waals surface area contributed by atoms with Crippen molar-refractivity contribution in [3.05, 3.63) is 0 Å². The Kier molecular flexibility index (Phi) is 4.59. The summed E-state index contributed by atoms with van der Waals surface area (Å²) in [4.78, 5) is 0. The Morgan fingerprint density at radius 1 is 1.20 bits per heavy atom. The van der Waals surface area contributed by atoms with Crippen LogP contribution in [0.1, 0.15) is 52.9 Å². The molecule has 0 bridgehead atoms. The molecule has 0 spiro atoms. The molecule has 0 aromatic heterocycles. The molecule has 1 fully saturated rings. The second kappa shape index (κ2) is 5.30. The lowest BCUT2D eigenvalue weighted by molar-refractivity contribution is 0.259. The van der Waals surface area contributed by atoms with Gasteiger partial charge in [0, 0.05) is 12.6 Å². The largest absolute Gasteiger partial charge is 0.216 e. The third kappa shape index (κ3) is 2.94. The number of sulfonamides is 1. The molecule has 0 atom stereocenters. The van der Waals surface area contributed by atoms with Crippen LogP contribution in [0.2, 0.25) is 0 Å². The molecule has 90 valence electrons. The molecular formula is C11H23NO2S. The molecule has 0 saturated heterocycles. The lowest BCUT2D eigenvalue weighted by Gasteiger charge is -2.33. The number of hydrogen-bond acceptors (Lipinski definition) is 2. The molecule has 1 rings (SSSR count). The molecule has 1 saturated carbocycles. The van der Waals surface area contributed by atoms with Crippen molar-refractivity contribution in [3.8, 4) is 0 Å². The molecule has 0 radical (unpaired) electrons. The van der Waals surface area contributed by atoms with E-state index in [9.17, 15) is 8.42 Å². The van der Waals surface area contributed by atoms with E-state index in [0.717, 1.165) is 12.8 Å². The quantitative estimate of drug-likeness (QED) is 0.747. The fourth-order valence-corrected chi connectivity index (χ4v) is 3.81. The molecule has 0 aliphatic heterocycles. The van der Waals surface area contributed by atoms with Crippen molar-refractivity contribution in [2.24, 2.45) is 0 Å². The van der Waals surface area contributed by atoms with Crippen molar-refractivity contribution >= 4 is 10.0 Å². The maximum Gasteiger partial charge on any atom is 0.216 e. The minimum Gasteiger partial charge on any atom is -0.212 e. The van der Waals surface area contributed by atoms with E-state index >= 15 is 0 Å². The fourth-order valence-electron chi connectivity index (χ4n) is 2.29. The van der Waals surface area contributed by atoms with E-state index in [-0.39, 0.29) is 11.3 Å². The Bertz CT molecular complexity index is 279. The molecule has 0 unspecified atom stereocenters. The van der Waals surface area contributed by atoms with Crippen LogP contribution in [0.15, 0.2) is 0 Å². The summed E-state index contributed by atoms with van der Waals surface area (Å²) in [5.74, 6) is 0. The highest BCUT2D eigenvalue weighted by Crippen LogP contribution is 2.25. The average molecular weight is 233 g/mol. The molecule has 0 aromatic rings. The topological polar surface area (TPSA) is 37.4 Å². The predicted octanol–water partition coefficient (Wildman–Crippen LogP) is 2.38. The van der Waals surface area contributed by atoms with E-state index in [0.29, 0.717) is 6.54 Å². The van der Waals surface area contributed by atoms with Gasteiger partial charge in [-0.3, -0.25) is 0 Å². The molecule has 15 heavy (non-hydrogen) atoms. The zero-order chi connectivity index (χ0) is 11.5. The van der Waals surface area contributed by atoms with Crippen molar-refractivity contribution in [1.29, 1.82) is 0 Å². The van der Waals surface area contributed by atoms with E-state index in [1.807, 2.05) is 6.92 Å². The Morgan fingerprint density at radius 3 is 2.13 bits per heavy atom. The van der Waals surface area contributed by atoms with Gasteiger partial charge in [0.25, 0.3) is 0 Å². The first-order valence-corrected chi connectivity index (χ1v) is 7.51. The molecule has 3 nitrogen and oxygen atoms in total. The molecule has 0 amide bonds. The van der Waals surface area contributed by atoms with E-state index in [2.05, 4.69) is 0 Å². The summed E-state index contributed by atoms with van der Waals surface area (Å²) in [6.07, 6.45) is 5.69. The van der Waals surface area contributed by atoms with Crippen molar-refractivity contribution in [2.75, 3.05) is 6.54 Å². The molecule has 0 aromatic carbocycles. The lowest BCUT2D eigenvalue weighted by Crippen LogP contribution is -2.44. The standard InChI is InChI=1S/C11H23NO2S/c1-4-12(15(13,14)10(2)3)11-8-6-5-7-9-11/h10-11H,4-9H2,1-3H3. The zero-order valence-electron chi connectivity index (χ0n) is 10.1. The first kappa shape index (κ1) is 13.0. The Labute approximate surface area is 93.9 Å². The smallest absolute Gasteiger partial charge is 0.212 e. The molecule has 1 aliphatic rings. The van der Waals surface area contributed by atoms with Crippen LogP contribution in [0.5, 0.6) is 0 Å². The molecule has 4 heteroatoms. The molecule has 0 N–H and O–H groups in total. The summed E-state index contributed by atoms with van der Waals surface area (Å²) in [5, 5.41) is -0.292. The van der Waals surface area contributed by atoms with Crippen LogP contribution in [-0.2, 0) is 10.0 Å². The first-order valence-electron chi connectivity index (χ1n) is 6.00. The summed E-state index contributed by atoms with van der Waals surface area (Å²) in [6, 6.07) is 0.260. The maximum atomic E-state index is 12.1. The van der Waals surface area contributed by atoms with Gasteiger partial charge in [-0.05, 0) is 26.7 Å². The normalized spacial score (nSPS) is 20.1. The SMILES string of the molecule is CCN(C1CCCCC1)S(=O)(=O)C(C)C. The van der Waals surface area contributed by atoms with Gasteiger partial charge in [0.15, 0.2) is 0 Å². The average Bonchev–Trinajstić information content (AvgIpc) is 2.19. The summed E-state index contributed by atoms with van der Waals surface area (Å²) < 4.78 is 25.9. The number of nitrogens with zero attached hydrogens (tertiary/aromatic N) is 1. The van der Waals surface area contributed by atoms with Gasteiger partial charge < -0.3 is 0 Å². The second-order valence-electron chi connectivity index (χ2n) is 4.59. The van der Waals surface area contributed by atoms with Crippen molar-refractivity contribution in [3.63, 3.8) is 0 Å². The van der Waals surface area contributed by atoms with Crippen LogP contribution < -0.4 is 0 Å². The molecular weight excluding hydrogens is 210 g/mol. The summed E-state index contributed by atoms with van der Waals surface area (Å²) in [6.45, 7) is 6.08. The lowest BCUT2D eigenvalue weighted by atomic mass is 9.95. The van der Waals surface area contributed by atoms with E-state index in [1.165, 1.54) is 19.3 Å². The highest BCUT2D eigenvalue weighted by atomic mass is 32.2. The van der Waals surface area contributed by atoms with Gasteiger partial charge in [0.05, 0.1) is 5.25 Å². The minimum atomic E-state index is -3.06. The third-order valence-corrected chi connectivity index (χ3v) is 5.62. The summed E-state index contributed by atoms with van der Waals surface area (Å²) >= 11 is 0. The van der Waals surface area contributed by atoms with Crippen molar-refractivity contribution in [1.82, 2.24) is 4.31 Å². The van der Waals surface area contributed by atoms with Gasteiger partial charge in [0.2, 0.25) is 10.0 Å². The summed E-state index contributed by atoms with van der Waals surface area (Å²) in [7, 11) is -3.06. The van der Waals surface area contributed by atoms with Gasteiger partial charge in [0.1, 0.15) is 0 Å². The minimum absolute atomic E-state index is 0.260. The van der Waals surface area contributed by atoms with Crippen molar-refractivity contribution < 1.29 is 8.42 Å². The Morgan fingerprint density at radius 2 is 1.73 bits per heavy atom. The first-order chi connectivity index (χ1) is 7.00. The Balaban J connectivity index is 2.78. The van der Waals surface area contributed by atoms with Gasteiger partial charge in [-0.1, -0.05) is 26.2 Å². The molecule has 1 aliphatic carbocycles. The van der Waals surface area contributed by atoms with Gasteiger partial charge >= 0.3 is 0 Å². The van der Waals surface area contributed by atoms with Crippen LogP contribution >= 0.6 is 0 Å². The van der Waals surface area contributed by atoms with Gasteiger partial charge in [-0.2, -0.15) is 4.31 Å². The fraction of sp³-hybridized carbons (Fsp3) is 1.00. The summed E-state index contributed by atoms with van der Waals surface area (Å²) in [5.41, 5.74) is 0. The van der Waals surface area contributed by atoms with Crippen LogP contribution in [0.4, 0.5) is 0 Å². The monoisotopic (exact) mass is 233 g/mol. The highest BCUT2D eigenvalue weighted by Gasteiger charge is 2.31. The third-order valence-electron chi connectivity index (χ3n) is 3.22. The number of hydrogen-bond donors (Lipinski definition) is 0. The van der Waals surface area contributed by atoms with Crippen molar-refractivity contribution in [2.45, 2.75) is 64.2 Å². The number of rotatable bonds is 4. The van der Waals surface area contributed by atoms with Gasteiger partial charge in [-0.25, -0.2) is 8.42 Å². The van der Waals surface area contributed by atoms with Crippen LogP contribution in [-0.4, -0.2) is 30.6 Å². The second-order valence-corrected chi connectivity index (χ2v) is 7.03. The van der Waals surface area contributed by atoms with Crippen LogP contribution in [0.25, 0.3) is 0 Å². The van der Waals surface area contributed by atoms with Crippen LogP contribution in [0.3, 0.4) is 0 Å².